The Morgan fingerprint density at radius 2 is 2.23 bits per heavy atom. The van der Waals surface area contributed by atoms with Crippen LogP contribution in [0.5, 0.6) is 0 Å². The molecule has 1 atom stereocenters. The molecular formula is C10H19N3. The summed E-state index contributed by atoms with van der Waals surface area (Å²) in [4.78, 5) is 0. The molecule has 1 heterocycles. The van der Waals surface area contributed by atoms with E-state index in [1.165, 1.54) is 0 Å². The zero-order valence-corrected chi connectivity index (χ0v) is 8.70. The standard InChI is InChI=1S/C10H19N3/c1-4-7-13-9(5-6-12-13)10(11)8(2)3/h5-6,8,10H,4,7,11H2,1-3H3. The summed E-state index contributed by atoms with van der Waals surface area (Å²) < 4.78 is 2.00. The summed E-state index contributed by atoms with van der Waals surface area (Å²) in [6.07, 6.45) is 2.92. The van der Waals surface area contributed by atoms with Gasteiger partial charge < -0.3 is 5.73 Å². The van der Waals surface area contributed by atoms with E-state index in [0.717, 1.165) is 18.7 Å². The Balaban J connectivity index is 2.80. The predicted octanol–water partition coefficient (Wildman–Crippen LogP) is 1.95. The molecule has 1 aromatic rings. The van der Waals surface area contributed by atoms with E-state index in [9.17, 15) is 0 Å². The number of hydrogen-bond acceptors (Lipinski definition) is 2. The van der Waals surface area contributed by atoms with Gasteiger partial charge in [-0.05, 0) is 18.4 Å². The van der Waals surface area contributed by atoms with E-state index >= 15 is 0 Å². The van der Waals surface area contributed by atoms with Crippen molar-refractivity contribution in [3.63, 3.8) is 0 Å². The molecule has 0 aliphatic heterocycles. The largest absolute Gasteiger partial charge is 0.322 e. The maximum atomic E-state index is 6.05. The highest BCUT2D eigenvalue weighted by Gasteiger charge is 2.14. The van der Waals surface area contributed by atoms with Gasteiger partial charge in [0.25, 0.3) is 0 Å². The van der Waals surface area contributed by atoms with Crippen LogP contribution in [0.3, 0.4) is 0 Å². The fraction of sp³-hybridized carbons (Fsp3) is 0.700. The van der Waals surface area contributed by atoms with Crippen molar-refractivity contribution in [2.75, 3.05) is 0 Å². The van der Waals surface area contributed by atoms with Crippen LogP contribution in [0.2, 0.25) is 0 Å². The average molecular weight is 181 g/mol. The zero-order valence-electron chi connectivity index (χ0n) is 8.70. The number of nitrogens with zero attached hydrogens (tertiary/aromatic N) is 2. The van der Waals surface area contributed by atoms with Gasteiger partial charge >= 0.3 is 0 Å². The molecule has 0 bridgehead atoms. The smallest absolute Gasteiger partial charge is 0.0554 e. The molecule has 0 amide bonds. The minimum absolute atomic E-state index is 0.106. The minimum Gasteiger partial charge on any atom is -0.322 e. The molecule has 1 rings (SSSR count). The Kier molecular flexibility index (Phi) is 3.48. The topological polar surface area (TPSA) is 43.8 Å². The van der Waals surface area contributed by atoms with Crippen molar-refractivity contribution in [3.05, 3.63) is 18.0 Å². The zero-order chi connectivity index (χ0) is 9.84. The molecule has 0 aromatic carbocycles. The lowest BCUT2D eigenvalue weighted by molar-refractivity contribution is 0.458. The normalized spacial score (nSPS) is 13.6. The lowest BCUT2D eigenvalue weighted by Gasteiger charge is -2.17. The van der Waals surface area contributed by atoms with Gasteiger partial charge in [-0.3, -0.25) is 4.68 Å². The van der Waals surface area contributed by atoms with Gasteiger partial charge in [-0.1, -0.05) is 20.8 Å². The van der Waals surface area contributed by atoms with Gasteiger partial charge in [0.15, 0.2) is 0 Å². The molecule has 0 fully saturated rings. The van der Waals surface area contributed by atoms with Crippen LogP contribution < -0.4 is 5.73 Å². The number of nitrogens with two attached hydrogens (primary N) is 1. The molecule has 0 saturated heterocycles. The summed E-state index contributed by atoms with van der Waals surface area (Å²) in [5.74, 6) is 0.465. The summed E-state index contributed by atoms with van der Waals surface area (Å²) >= 11 is 0. The molecule has 74 valence electrons. The number of hydrogen-bond donors (Lipinski definition) is 1. The third kappa shape index (κ3) is 2.31. The van der Waals surface area contributed by atoms with Crippen molar-refractivity contribution >= 4 is 0 Å². The summed E-state index contributed by atoms with van der Waals surface area (Å²) in [5, 5.41) is 4.25. The first-order chi connectivity index (χ1) is 6.16. The second-order valence-electron chi connectivity index (χ2n) is 3.75. The number of aryl methyl sites for hydroxylation is 1. The molecule has 13 heavy (non-hydrogen) atoms. The molecular weight excluding hydrogens is 162 g/mol. The number of rotatable bonds is 4. The molecule has 1 unspecified atom stereocenters. The third-order valence-electron chi connectivity index (χ3n) is 2.24. The Labute approximate surface area is 79.9 Å². The second kappa shape index (κ2) is 4.42. The van der Waals surface area contributed by atoms with E-state index in [4.69, 9.17) is 5.73 Å². The van der Waals surface area contributed by atoms with Crippen LogP contribution in [0.4, 0.5) is 0 Å². The van der Waals surface area contributed by atoms with Gasteiger partial charge in [0, 0.05) is 18.8 Å². The highest BCUT2D eigenvalue weighted by atomic mass is 15.3. The first-order valence-electron chi connectivity index (χ1n) is 4.94. The molecule has 3 heteroatoms. The second-order valence-corrected chi connectivity index (χ2v) is 3.75. The highest BCUT2D eigenvalue weighted by Crippen LogP contribution is 2.18. The van der Waals surface area contributed by atoms with Gasteiger partial charge in [0.2, 0.25) is 0 Å². The van der Waals surface area contributed by atoms with Crippen molar-refractivity contribution < 1.29 is 0 Å². The Hall–Kier alpha value is -0.830. The van der Waals surface area contributed by atoms with E-state index in [0.29, 0.717) is 5.92 Å². The Bertz CT molecular complexity index is 252. The summed E-state index contributed by atoms with van der Waals surface area (Å²) in [6.45, 7) is 7.37. The third-order valence-corrected chi connectivity index (χ3v) is 2.24. The fourth-order valence-electron chi connectivity index (χ4n) is 1.37. The minimum atomic E-state index is 0.106. The molecule has 2 N–H and O–H groups in total. The van der Waals surface area contributed by atoms with E-state index in [1.54, 1.807) is 0 Å². The van der Waals surface area contributed by atoms with E-state index < -0.39 is 0 Å². The lowest BCUT2D eigenvalue weighted by atomic mass is 10.0. The predicted molar refractivity (Wildman–Crippen MR) is 54.3 cm³/mol. The SMILES string of the molecule is CCCn1nccc1C(N)C(C)C. The molecule has 0 saturated carbocycles. The first kappa shape index (κ1) is 10.3. The van der Waals surface area contributed by atoms with Crippen molar-refractivity contribution in [2.45, 2.75) is 39.8 Å². The van der Waals surface area contributed by atoms with Crippen LogP contribution in [0.25, 0.3) is 0 Å². The average Bonchev–Trinajstić information content (AvgIpc) is 2.52. The fourth-order valence-corrected chi connectivity index (χ4v) is 1.37. The van der Waals surface area contributed by atoms with E-state index in [2.05, 4.69) is 25.9 Å². The maximum Gasteiger partial charge on any atom is 0.0554 e. The van der Waals surface area contributed by atoms with Gasteiger partial charge in [-0.15, -0.1) is 0 Å². The quantitative estimate of drug-likeness (QED) is 0.771. The molecule has 0 radical (unpaired) electrons. The Morgan fingerprint density at radius 3 is 2.77 bits per heavy atom. The monoisotopic (exact) mass is 181 g/mol. The molecule has 0 aliphatic carbocycles. The summed E-state index contributed by atoms with van der Waals surface area (Å²) in [7, 11) is 0. The van der Waals surface area contributed by atoms with Crippen molar-refractivity contribution in [1.29, 1.82) is 0 Å². The van der Waals surface area contributed by atoms with Gasteiger partial charge in [-0.25, -0.2) is 0 Å². The van der Waals surface area contributed by atoms with Crippen LogP contribution in [0.1, 0.15) is 38.9 Å². The van der Waals surface area contributed by atoms with Gasteiger partial charge in [0.05, 0.1) is 5.69 Å². The number of aromatic nitrogens is 2. The molecule has 1 aromatic heterocycles. The first-order valence-corrected chi connectivity index (χ1v) is 4.94. The van der Waals surface area contributed by atoms with Gasteiger partial charge in [0.1, 0.15) is 0 Å². The van der Waals surface area contributed by atoms with Crippen LogP contribution >= 0.6 is 0 Å². The van der Waals surface area contributed by atoms with Crippen LogP contribution in [0.15, 0.2) is 12.3 Å². The summed E-state index contributed by atoms with van der Waals surface area (Å²) in [5.41, 5.74) is 7.20. The van der Waals surface area contributed by atoms with Crippen LogP contribution in [-0.2, 0) is 6.54 Å². The van der Waals surface area contributed by atoms with E-state index in [-0.39, 0.29) is 6.04 Å². The van der Waals surface area contributed by atoms with Gasteiger partial charge in [-0.2, -0.15) is 5.10 Å². The van der Waals surface area contributed by atoms with Crippen LogP contribution in [0, 0.1) is 5.92 Å². The van der Waals surface area contributed by atoms with Crippen molar-refractivity contribution in [3.8, 4) is 0 Å². The molecule has 0 aliphatic rings. The highest BCUT2D eigenvalue weighted by molar-refractivity contribution is 5.06. The van der Waals surface area contributed by atoms with Crippen molar-refractivity contribution in [1.82, 2.24) is 9.78 Å². The molecule has 0 spiro atoms. The maximum absolute atomic E-state index is 6.05. The van der Waals surface area contributed by atoms with E-state index in [1.807, 2.05) is 16.9 Å². The molecule has 3 nitrogen and oxygen atoms in total. The van der Waals surface area contributed by atoms with Crippen molar-refractivity contribution in [2.24, 2.45) is 11.7 Å². The lowest BCUT2D eigenvalue weighted by Crippen LogP contribution is -2.21. The Morgan fingerprint density at radius 1 is 1.54 bits per heavy atom. The van der Waals surface area contributed by atoms with Crippen LogP contribution in [-0.4, -0.2) is 9.78 Å². The summed E-state index contributed by atoms with van der Waals surface area (Å²) in [6, 6.07) is 2.12.